The van der Waals surface area contributed by atoms with Crippen molar-refractivity contribution in [1.82, 2.24) is 25.8 Å². The number of nitrogens with one attached hydrogen (secondary N) is 4. The highest BCUT2D eigenvalue weighted by atomic mass is 79.9. The van der Waals surface area contributed by atoms with Crippen molar-refractivity contribution in [2.24, 2.45) is 4.99 Å². The van der Waals surface area contributed by atoms with Crippen LogP contribution in [0.2, 0.25) is 5.02 Å². The Kier molecular flexibility index (Phi) is 6.81. The average molecular weight is 529 g/mol. The van der Waals surface area contributed by atoms with Crippen molar-refractivity contribution in [3.8, 4) is 5.88 Å². The van der Waals surface area contributed by atoms with Gasteiger partial charge in [-0.25, -0.2) is 9.79 Å². The van der Waals surface area contributed by atoms with Crippen LogP contribution in [0, 0.1) is 0 Å². The van der Waals surface area contributed by atoms with Crippen LogP contribution in [0.25, 0.3) is 5.70 Å². The van der Waals surface area contributed by atoms with Gasteiger partial charge < -0.3 is 15.4 Å². The fraction of sp³-hybridized carbons (Fsp3) is 0. The number of halogens is 2. The molecule has 0 atom stereocenters. The molecule has 4 rings (SSSR count). The van der Waals surface area contributed by atoms with Crippen LogP contribution in [0.1, 0.15) is 15.9 Å². The number of ether oxygens (including phenoxy) is 1. The first kappa shape index (κ1) is 22.2. The molecule has 33 heavy (non-hydrogen) atoms. The van der Waals surface area contributed by atoms with E-state index in [0.29, 0.717) is 10.7 Å². The molecule has 0 saturated carbocycles. The molecule has 2 amide bonds. The minimum Gasteiger partial charge on any atom is -0.388 e. The van der Waals surface area contributed by atoms with Gasteiger partial charge in [-0.15, -0.1) is 5.10 Å². The number of carbonyl (C=O) groups excluding carboxylic acids is 2. The molecular formula is C21H15BrClN7O3. The lowest BCUT2D eigenvalue weighted by Crippen LogP contribution is -2.32. The molecule has 1 aliphatic rings. The van der Waals surface area contributed by atoms with Crippen molar-refractivity contribution in [1.29, 1.82) is 0 Å². The highest BCUT2D eigenvalue weighted by Crippen LogP contribution is 2.30. The number of H-pyrrole nitrogens is 1. The second-order valence-corrected chi connectivity index (χ2v) is 7.63. The van der Waals surface area contributed by atoms with Gasteiger partial charge in [0.1, 0.15) is 16.1 Å². The van der Waals surface area contributed by atoms with Gasteiger partial charge in [0.15, 0.2) is 0 Å². The number of pyridine rings is 1. The summed E-state index contributed by atoms with van der Waals surface area (Å²) in [5.74, 6) is -0.0986. The van der Waals surface area contributed by atoms with Gasteiger partial charge in [-0.1, -0.05) is 23.7 Å². The van der Waals surface area contributed by atoms with E-state index in [4.69, 9.17) is 16.3 Å². The number of anilines is 1. The molecule has 0 saturated heterocycles. The highest BCUT2D eigenvalue weighted by molar-refractivity contribution is 9.10. The summed E-state index contributed by atoms with van der Waals surface area (Å²) in [4.78, 5) is 33.2. The van der Waals surface area contributed by atoms with E-state index < -0.39 is 12.0 Å². The first-order valence-corrected chi connectivity index (χ1v) is 10.6. The Balaban J connectivity index is 1.42. The number of carbonyl (C=O) groups is 2. The van der Waals surface area contributed by atoms with Crippen molar-refractivity contribution in [2.45, 2.75) is 0 Å². The number of hydrogen-bond donors (Lipinski definition) is 4. The maximum Gasteiger partial charge on any atom is 0.419 e. The lowest BCUT2D eigenvalue weighted by molar-refractivity contribution is 0.102. The first-order valence-electron chi connectivity index (χ1n) is 9.41. The molecule has 0 unspecified atom stereocenters. The van der Waals surface area contributed by atoms with E-state index >= 15 is 0 Å². The second kappa shape index (κ2) is 10.1. The van der Waals surface area contributed by atoms with Gasteiger partial charge in [0.05, 0.1) is 16.3 Å². The number of aromatic nitrogens is 3. The predicted octanol–water partition coefficient (Wildman–Crippen LogP) is 4.08. The molecule has 3 aromatic rings. The zero-order valence-corrected chi connectivity index (χ0v) is 19.0. The number of amidine groups is 1. The second-order valence-electron chi connectivity index (χ2n) is 6.43. The lowest BCUT2D eigenvalue weighted by Gasteiger charge is -2.06. The Bertz CT molecular complexity index is 1290. The number of hydrogen-bond acceptors (Lipinski definition) is 7. The minimum atomic E-state index is -0.828. The van der Waals surface area contributed by atoms with Crippen molar-refractivity contribution < 1.29 is 14.3 Å². The summed E-state index contributed by atoms with van der Waals surface area (Å²) < 4.78 is 5.49. The molecule has 0 fully saturated rings. The van der Waals surface area contributed by atoms with Crippen LogP contribution < -0.4 is 20.7 Å². The van der Waals surface area contributed by atoms with Crippen LogP contribution in [-0.2, 0) is 0 Å². The summed E-state index contributed by atoms with van der Waals surface area (Å²) in [5, 5.41) is 14.9. The van der Waals surface area contributed by atoms with Crippen LogP contribution in [0.3, 0.4) is 0 Å². The molecular weight excluding hydrogens is 514 g/mol. The SMILES string of the molecule is O=C(NC1=NC(c2ccncc2)=CNC=C1)Oc1n[nH]c(NC(=O)c2ccccc2Cl)c1Br. The lowest BCUT2D eigenvalue weighted by atomic mass is 10.2. The Morgan fingerprint density at radius 1 is 1.09 bits per heavy atom. The monoisotopic (exact) mass is 527 g/mol. The molecule has 4 N–H and O–H groups in total. The van der Waals surface area contributed by atoms with E-state index in [9.17, 15) is 9.59 Å². The number of rotatable bonds is 4. The number of aromatic amines is 1. The first-order chi connectivity index (χ1) is 16.0. The van der Waals surface area contributed by atoms with Crippen LogP contribution >= 0.6 is 27.5 Å². The van der Waals surface area contributed by atoms with E-state index in [-0.39, 0.29) is 27.6 Å². The summed E-state index contributed by atoms with van der Waals surface area (Å²) in [7, 11) is 0. The summed E-state index contributed by atoms with van der Waals surface area (Å²) in [5.41, 5.74) is 1.68. The van der Waals surface area contributed by atoms with Gasteiger partial charge in [0.25, 0.3) is 11.8 Å². The minimum absolute atomic E-state index is 0.0804. The van der Waals surface area contributed by atoms with Gasteiger partial charge in [0, 0.05) is 30.4 Å². The predicted molar refractivity (Wildman–Crippen MR) is 127 cm³/mol. The number of aliphatic imine (C=N–C) groups is 1. The van der Waals surface area contributed by atoms with Gasteiger partial charge in [-0.2, -0.15) is 0 Å². The van der Waals surface area contributed by atoms with Crippen molar-refractivity contribution in [3.63, 3.8) is 0 Å². The molecule has 166 valence electrons. The smallest absolute Gasteiger partial charge is 0.388 e. The third-order valence-corrected chi connectivity index (χ3v) is 5.29. The van der Waals surface area contributed by atoms with E-state index in [1.54, 1.807) is 67.3 Å². The zero-order chi connectivity index (χ0) is 23.2. The largest absolute Gasteiger partial charge is 0.419 e. The summed E-state index contributed by atoms with van der Waals surface area (Å²) in [6.45, 7) is 0. The number of amides is 2. The molecule has 1 aromatic carbocycles. The fourth-order valence-corrected chi connectivity index (χ4v) is 3.28. The van der Waals surface area contributed by atoms with Gasteiger partial charge >= 0.3 is 6.09 Å². The Morgan fingerprint density at radius 3 is 2.67 bits per heavy atom. The molecule has 0 aliphatic carbocycles. The molecule has 1 aliphatic heterocycles. The van der Waals surface area contributed by atoms with E-state index in [1.165, 1.54) is 0 Å². The van der Waals surface area contributed by atoms with Crippen LogP contribution in [0.15, 0.2) is 76.7 Å². The maximum absolute atomic E-state index is 12.4. The van der Waals surface area contributed by atoms with Gasteiger partial charge in [-0.3, -0.25) is 20.2 Å². The fourth-order valence-electron chi connectivity index (χ4n) is 2.70. The van der Waals surface area contributed by atoms with E-state index in [0.717, 1.165) is 5.56 Å². The summed E-state index contributed by atoms with van der Waals surface area (Å²) in [6.07, 6.45) is 7.32. The van der Waals surface area contributed by atoms with Gasteiger partial charge in [-0.05, 0) is 46.3 Å². The van der Waals surface area contributed by atoms with E-state index in [1.807, 2.05) is 0 Å². The Morgan fingerprint density at radius 2 is 1.88 bits per heavy atom. The zero-order valence-electron chi connectivity index (χ0n) is 16.7. The van der Waals surface area contributed by atoms with Crippen molar-refractivity contribution >= 4 is 56.9 Å². The normalized spacial score (nSPS) is 12.7. The molecule has 0 radical (unpaired) electrons. The topological polar surface area (TPSA) is 133 Å². The molecule has 12 heteroatoms. The molecule has 0 bridgehead atoms. The third-order valence-electron chi connectivity index (χ3n) is 4.23. The van der Waals surface area contributed by atoms with Crippen LogP contribution in [-0.4, -0.2) is 33.0 Å². The summed E-state index contributed by atoms with van der Waals surface area (Å²) >= 11 is 9.31. The summed E-state index contributed by atoms with van der Waals surface area (Å²) in [6, 6.07) is 10.2. The quantitative estimate of drug-likeness (QED) is 0.403. The standard InChI is InChI=1S/C21H15BrClN7O3/c22-17-18(28-19(31)13-3-1-2-4-14(13)23)29-30-20(17)33-21(32)27-16-7-10-25-11-15(26-16)12-5-8-24-9-6-12/h1-11,25H,(H,26,27,32)(H2,28,29,30,31). The molecule has 3 heterocycles. The third kappa shape index (κ3) is 5.45. The number of nitrogens with zero attached hydrogens (tertiary/aromatic N) is 3. The van der Waals surface area contributed by atoms with Crippen LogP contribution in [0.4, 0.5) is 10.6 Å². The number of benzene rings is 1. The molecule has 2 aromatic heterocycles. The Hall–Kier alpha value is -3.96. The van der Waals surface area contributed by atoms with Crippen molar-refractivity contribution in [3.05, 3.63) is 87.9 Å². The van der Waals surface area contributed by atoms with E-state index in [2.05, 4.69) is 52.1 Å². The maximum atomic E-state index is 12.4. The molecule has 10 nitrogen and oxygen atoms in total. The van der Waals surface area contributed by atoms with Crippen molar-refractivity contribution in [2.75, 3.05) is 5.32 Å². The van der Waals surface area contributed by atoms with Gasteiger partial charge in [0.2, 0.25) is 0 Å². The Labute approximate surface area is 200 Å². The van der Waals surface area contributed by atoms with Crippen LogP contribution in [0.5, 0.6) is 5.88 Å². The molecule has 0 spiro atoms. The highest BCUT2D eigenvalue weighted by Gasteiger charge is 2.19. The average Bonchev–Trinajstić information content (AvgIpc) is 3.00.